The zero-order valence-electron chi connectivity index (χ0n) is 6.41. The lowest BCUT2D eigenvalue weighted by Gasteiger charge is -2.05. The van der Waals surface area contributed by atoms with Gasteiger partial charge in [-0.05, 0) is 11.6 Å². The van der Waals surface area contributed by atoms with Gasteiger partial charge in [0.2, 0.25) is 0 Å². The van der Waals surface area contributed by atoms with E-state index in [1.165, 1.54) is 0 Å². The molecule has 12 heavy (non-hydrogen) atoms. The van der Waals surface area contributed by atoms with Crippen molar-refractivity contribution < 1.29 is 9.53 Å². The maximum absolute atomic E-state index is 10.7. The smallest absolute Gasteiger partial charge is 0.407 e. The topological polar surface area (TPSA) is 38.3 Å². The Morgan fingerprint density at radius 1 is 1.50 bits per heavy atom. The largest absolute Gasteiger partial charge is 0.447 e. The van der Waals surface area contributed by atoms with E-state index in [1.807, 2.05) is 24.3 Å². The van der Waals surface area contributed by atoms with E-state index in [-0.39, 0.29) is 12.1 Å². The molecule has 1 aromatic carbocycles. The number of benzene rings is 1. The SMILES string of the molecule is O=C1NC(c2cc[c]cc2)CO1. The molecule has 3 heteroatoms. The first-order valence-electron chi connectivity index (χ1n) is 3.75. The van der Waals surface area contributed by atoms with Gasteiger partial charge >= 0.3 is 6.09 Å². The zero-order valence-corrected chi connectivity index (χ0v) is 6.41. The third-order valence-electron chi connectivity index (χ3n) is 1.82. The van der Waals surface area contributed by atoms with E-state index < -0.39 is 0 Å². The quantitative estimate of drug-likeness (QED) is 0.675. The predicted octanol–water partition coefficient (Wildman–Crippen LogP) is 1.27. The highest BCUT2D eigenvalue weighted by Crippen LogP contribution is 2.16. The monoisotopic (exact) mass is 162 g/mol. The van der Waals surface area contributed by atoms with Gasteiger partial charge in [0.25, 0.3) is 0 Å². The normalized spacial score (nSPS) is 21.7. The minimum Gasteiger partial charge on any atom is -0.447 e. The lowest BCUT2D eigenvalue weighted by atomic mass is 10.1. The maximum Gasteiger partial charge on any atom is 0.407 e. The van der Waals surface area contributed by atoms with Crippen LogP contribution in [-0.4, -0.2) is 12.7 Å². The van der Waals surface area contributed by atoms with E-state index in [0.29, 0.717) is 6.61 Å². The summed E-state index contributed by atoms with van der Waals surface area (Å²) in [7, 11) is 0. The van der Waals surface area contributed by atoms with Crippen LogP contribution in [-0.2, 0) is 4.74 Å². The molecule has 2 rings (SSSR count). The molecule has 61 valence electrons. The predicted molar refractivity (Wildman–Crippen MR) is 42.5 cm³/mol. The Hall–Kier alpha value is -1.51. The van der Waals surface area contributed by atoms with Crippen molar-refractivity contribution in [2.75, 3.05) is 6.61 Å². The van der Waals surface area contributed by atoms with Crippen LogP contribution in [0.15, 0.2) is 24.3 Å². The summed E-state index contributed by atoms with van der Waals surface area (Å²) >= 11 is 0. The highest BCUT2D eigenvalue weighted by molar-refractivity contribution is 5.70. The van der Waals surface area contributed by atoms with Crippen molar-refractivity contribution in [2.45, 2.75) is 6.04 Å². The Kier molecular flexibility index (Phi) is 1.70. The number of hydrogen-bond acceptors (Lipinski definition) is 2. The Morgan fingerprint density at radius 3 is 2.83 bits per heavy atom. The molecule has 1 N–H and O–H groups in total. The highest BCUT2D eigenvalue weighted by Gasteiger charge is 2.22. The van der Waals surface area contributed by atoms with E-state index >= 15 is 0 Å². The van der Waals surface area contributed by atoms with Crippen molar-refractivity contribution in [2.24, 2.45) is 0 Å². The lowest BCUT2D eigenvalue weighted by molar-refractivity contribution is 0.177. The molecular formula is C9H8NO2. The summed E-state index contributed by atoms with van der Waals surface area (Å²) in [5.74, 6) is 0. The highest BCUT2D eigenvalue weighted by atomic mass is 16.6. The van der Waals surface area contributed by atoms with Crippen molar-refractivity contribution >= 4 is 6.09 Å². The van der Waals surface area contributed by atoms with E-state index in [4.69, 9.17) is 4.74 Å². The van der Waals surface area contributed by atoms with Gasteiger partial charge in [-0.2, -0.15) is 0 Å². The second kappa shape index (κ2) is 2.85. The average molecular weight is 162 g/mol. The molecule has 0 bridgehead atoms. The van der Waals surface area contributed by atoms with E-state index in [9.17, 15) is 4.79 Å². The lowest BCUT2D eigenvalue weighted by Crippen LogP contribution is -2.17. The minimum absolute atomic E-state index is 0.00657. The molecule has 0 saturated carbocycles. The molecule has 1 radical (unpaired) electrons. The van der Waals surface area contributed by atoms with Crippen molar-refractivity contribution in [3.63, 3.8) is 0 Å². The number of alkyl carbamates (subject to hydrolysis) is 1. The maximum atomic E-state index is 10.7. The van der Waals surface area contributed by atoms with Crippen LogP contribution in [0.1, 0.15) is 11.6 Å². The minimum atomic E-state index is -0.340. The number of cyclic esters (lactones) is 1. The molecule has 1 aliphatic heterocycles. The van der Waals surface area contributed by atoms with Gasteiger partial charge in [0.05, 0.1) is 6.04 Å². The summed E-state index contributed by atoms with van der Waals surface area (Å²) in [5, 5.41) is 2.70. The van der Waals surface area contributed by atoms with Gasteiger partial charge in [-0.15, -0.1) is 0 Å². The average Bonchev–Trinajstić information content (AvgIpc) is 2.54. The third-order valence-corrected chi connectivity index (χ3v) is 1.82. The number of nitrogens with one attached hydrogen (secondary N) is 1. The van der Waals surface area contributed by atoms with Crippen LogP contribution in [0, 0.1) is 6.07 Å². The summed E-state index contributed by atoms with van der Waals surface area (Å²) in [6, 6.07) is 10.4. The first kappa shape index (κ1) is 7.16. The van der Waals surface area contributed by atoms with E-state index in [0.717, 1.165) is 5.56 Å². The van der Waals surface area contributed by atoms with Gasteiger partial charge in [-0.3, -0.25) is 0 Å². The van der Waals surface area contributed by atoms with Crippen molar-refractivity contribution in [1.82, 2.24) is 5.32 Å². The fraction of sp³-hybridized carbons (Fsp3) is 0.222. The Labute approximate surface area is 70.3 Å². The molecule has 1 heterocycles. The summed E-state index contributed by atoms with van der Waals surface area (Å²) in [4.78, 5) is 10.7. The fourth-order valence-corrected chi connectivity index (χ4v) is 1.20. The van der Waals surface area contributed by atoms with E-state index in [1.54, 1.807) is 0 Å². The van der Waals surface area contributed by atoms with Crippen LogP contribution >= 0.6 is 0 Å². The number of amides is 1. The molecular weight excluding hydrogens is 154 g/mol. The number of ether oxygens (including phenoxy) is 1. The number of carbonyl (C=O) groups is 1. The molecule has 0 aromatic heterocycles. The molecule has 3 nitrogen and oxygen atoms in total. The second-order valence-electron chi connectivity index (χ2n) is 2.63. The van der Waals surface area contributed by atoms with Crippen molar-refractivity contribution in [1.29, 1.82) is 0 Å². The van der Waals surface area contributed by atoms with Crippen molar-refractivity contribution in [3.05, 3.63) is 35.9 Å². The Morgan fingerprint density at radius 2 is 2.25 bits per heavy atom. The summed E-state index contributed by atoms with van der Waals surface area (Å²) in [5.41, 5.74) is 1.06. The zero-order chi connectivity index (χ0) is 8.39. The Bertz CT molecular complexity index is 284. The fourth-order valence-electron chi connectivity index (χ4n) is 1.20. The van der Waals surface area contributed by atoms with Crippen LogP contribution < -0.4 is 5.32 Å². The molecule has 1 aliphatic rings. The van der Waals surface area contributed by atoms with Gasteiger partial charge in [0, 0.05) is 0 Å². The van der Waals surface area contributed by atoms with Crippen LogP contribution in [0.4, 0.5) is 4.79 Å². The van der Waals surface area contributed by atoms with Crippen LogP contribution in [0.2, 0.25) is 0 Å². The second-order valence-corrected chi connectivity index (χ2v) is 2.63. The summed E-state index contributed by atoms with van der Waals surface area (Å²) in [6.45, 7) is 0.419. The van der Waals surface area contributed by atoms with E-state index in [2.05, 4.69) is 11.4 Å². The first-order chi connectivity index (χ1) is 5.86. The molecule has 0 spiro atoms. The number of carbonyl (C=O) groups excluding carboxylic acids is 1. The standard InChI is InChI=1S/C9H8NO2/c11-9-10-8(6-12-9)7-4-2-1-3-5-7/h2-5,8H,6H2,(H,10,11). The van der Waals surface area contributed by atoms with Gasteiger partial charge < -0.3 is 10.1 Å². The van der Waals surface area contributed by atoms with Crippen molar-refractivity contribution in [3.8, 4) is 0 Å². The molecule has 1 fully saturated rings. The van der Waals surface area contributed by atoms with Crippen LogP contribution in [0.5, 0.6) is 0 Å². The molecule has 1 saturated heterocycles. The molecule has 0 aliphatic carbocycles. The molecule has 1 atom stereocenters. The van der Waals surface area contributed by atoms with Gasteiger partial charge in [-0.25, -0.2) is 4.79 Å². The van der Waals surface area contributed by atoms with Gasteiger partial charge in [0.1, 0.15) is 6.61 Å². The van der Waals surface area contributed by atoms with Gasteiger partial charge in [0.15, 0.2) is 0 Å². The summed E-state index contributed by atoms with van der Waals surface area (Å²) < 4.78 is 4.76. The molecule has 1 aromatic rings. The van der Waals surface area contributed by atoms with Crippen LogP contribution in [0.25, 0.3) is 0 Å². The van der Waals surface area contributed by atoms with Gasteiger partial charge in [-0.1, -0.05) is 24.3 Å². The third kappa shape index (κ3) is 1.25. The van der Waals surface area contributed by atoms with Crippen LogP contribution in [0.3, 0.4) is 0 Å². The number of hydrogen-bond donors (Lipinski definition) is 1. The number of rotatable bonds is 1. The molecule has 1 amide bonds. The first-order valence-corrected chi connectivity index (χ1v) is 3.75. The summed E-state index contributed by atoms with van der Waals surface area (Å²) in [6.07, 6.45) is -0.340. The Balaban J connectivity index is 2.16. The molecule has 1 unspecified atom stereocenters.